The lowest BCUT2D eigenvalue weighted by Gasteiger charge is -2.25. The Kier molecular flexibility index (Phi) is 3.69. The number of benzene rings is 1. The molecule has 0 unspecified atom stereocenters. The number of likely N-dealkylation sites (N-methyl/N-ethyl adjacent to an activating group) is 1. The molecule has 1 aromatic rings. The molecule has 1 atom stereocenters. The molecule has 0 N–H and O–H groups in total. The number of Topliss-reactive ketones (excluding diaryl/α,β-unsaturated/α-hetero) is 1. The van der Waals surface area contributed by atoms with Crippen LogP contribution in [0.1, 0.15) is 20.3 Å². The number of ketones is 1. The minimum Gasteiger partial charge on any atom is -0.365 e. The lowest BCUT2D eigenvalue weighted by Crippen LogP contribution is -2.35. The third-order valence-corrected chi connectivity index (χ3v) is 2.56. The van der Waals surface area contributed by atoms with Crippen molar-refractivity contribution in [3.63, 3.8) is 0 Å². The molecule has 1 rings (SSSR count). The van der Waals surface area contributed by atoms with E-state index >= 15 is 0 Å². The van der Waals surface area contributed by atoms with Crippen LogP contribution in [-0.2, 0) is 4.79 Å². The monoisotopic (exact) mass is 191 g/mol. The maximum atomic E-state index is 11.5. The Bertz CT molecular complexity index is 294. The first-order valence-corrected chi connectivity index (χ1v) is 4.97. The van der Waals surface area contributed by atoms with Gasteiger partial charge in [0, 0.05) is 19.2 Å². The van der Waals surface area contributed by atoms with Gasteiger partial charge >= 0.3 is 0 Å². The maximum absolute atomic E-state index is 11.5. The van der Waals surface area contributed by atoms with Gasteiger partial charge in [0.15, 0.2) is 5.78 Å². The van der Waals surface area contributed by atoms with E-state index in [0.29, 0.717) is 6.42 Å². The molecule has 0 fully saturated rings. The molecule has 0 saturated heterocycles. The summed E-state index contributed by atoms with van der Waals surface area (Å²) in [5.41, 5.74) is 1.09. The zero-order chi connectivity index (χ0) is 10.6. The summed E-state index contributed by atoms with van der Waals surface area (Å²) in [4.78, 5) is 13.5. The maximum Gasteiger partial charge on any atom is 0.154 e. The highest BCUT2D eigenvalue weighted by Crippen LogP contribution is 2.14. The average Bonchev–Trinajstić information content (AvgIpc) is 2.27. The van der Waals surface area contributed by atoms with E-state index in [4.69, 9.17) is 0 Å². The van der Waals surface area contributed by atoms with Crippen LogP contribution in [-0.4, -0.2) is 18.9 Å². The number of anilines is 1. The van der Waals surface area contributed by atoms with Crippen molar-refractivity contribution in [1.29, 1.82) is 0 Å². The topological polar surface area (TPSA) is 20.3 Å². The normalized spacial score (nSPS) is 12.2. The summed E-state index contributed by atoms with van der Waals surface area (Å²) < 4.78 is 0. The molecule has 0 aliphatic carbocycles. The van der Waals surface area contributed by atoms with Crippen LogP contribution in [0.2, 0.25) is 0 Å². The van der Waals surface area contributed by atoms with Gasteiger partial charge in [0.1, 0.15) is 0 Å². The Morgan fingerprint density at radius 3 is 2.43 bits per heavy atom. The summed E-state index contributed by atoms with van der Waals surface area (Å²) in [5.74, 6) is 0.274. The van der Waals surface area contributed by atoms with Crippen molar-refractivity contribution >= 4 is 11.5 Å². The Morgan fingerprint density at radius 2 is 1.93 bits per heavy atom. The van der Waals surface area contributed by atoms with E-state index < -0.39 is 0 Å². The molecular formula is C12H17NO. The molecule has 0 spiro atoms. The first-order chi connectivity index (χ1) is 6.66. The number of para-hydroxylation sites is 1. The van der Waals surface area contributed by atoms with Crippen LogP contribution in [0.4, 0.5) is 5.69 Å². The number of nitrogens with zero attached hydrogens (tertiary/aromatic N) is 1. The van der Waals surface area contributed by atoms with Gasteiger partial charge in [0.2, 0.25) is 0 Å². The summed E-state index contributed by atoms with van der Waals surface area (Å²) in [6.45, 7) is 3.84. The summed E-state index contributed by atoms with van der Waals surface area (Å²) in [6, 6.07) is 9.93. The first-order valence-electron chi connectivity index (χ1n) is 4.97. The Labute approximate surface area is 85.5 Å². The summed E-state index contributed by atoms with van der Waals surface area (Å²) in [5, 5.41) is 0. The SMILES string of the molecule is CCC(=O)[C@H](C)N(C)c1ccccc1. The number of carbonyl (C=O) groups is 1. The Balaban J connectivity index is 2.75. The fourth-order valence-corrected chi connectivity index (χ4v) is 1.40. The van der Waals surface area contributed by atoms with Gasteiger partial charge in [-0.15, -0.1) is 0 Å². The second-order valence-corrected chi connectivity index (χ2v) is 3.44. The van der Waals surface area contributed by atoms with Crippen molar-refractivity contribution in [2.45, 2.75) is 26.3 Å². The highest BCUT2D eigenvalue weighted by atomic mass is 16.1. The quantitative estimate of drug-likeness (QED) is 0.728. The lowest BCUT2D eigenvalue weighted by molar-refractivity contribution is -0.119. The van der Waals surface area contributed by atoms with Gasteiger partial charge in [0.25, 0.3) is 0 Å². The van der Waals surface area contributed by atoms with Crippen molar-refractivity contribution < 1.29 is 4.79 Å². The zero-order valence-electron chi connectivity index (χ0n) is 9.03. The Morgan fingerprint density at radius 1 is 1.36 bits per heavy atom. The van der Waals surface area contributed by atoms with Crippen molar-refractivity contribution in [1.82, 2.24) is 0 Å². The van der Waals surface area contributed by atoms with Crippen molar-refractivity contribution in [2.24, 2.45) is 0 Å². The second kappa shape index (κ2) is 4.80. The standard InChI is InChI=1S/C12H17NO/c1-4-12(14)10(2)13(3)11-8-6-5-7-9-11/h5-10H,4H2,1-3H3/t10-/m0/s1. The number of rotatable bonds is 4. The van der Waals surface area contributed by atoms with Gasteiger partial charge in [-0.3, -0.25) is 4.79 Å². The largest absolute Gasteiger partial charge is 0.365 e. The van der Waals surface area contributed by atoms with Gasteiger partial charge in [-0.05, 0) is 19.1 Å². The summed E-state index contributed by atoms with van der Waals surface area (Å²) in [6.07, 6.45) is 0.596. The number of carbonyl (C=O) groups excluding carboxylic acids is 1. The van der Waals surface area contributed by atoms with Crippen LogP contribution in [0, 0.1) is 0 Å². The van der Waals surface area contributed by atoms with E-state index in [2.05, 4.69) is 0 Å². The molecule has 1 aromatic carbocycles. The number of hydrogen-bond acceptors (Lipinski definition) is 2. The molecule has 2 nitrogen and oxygen atoms in total. The molecule has 0 amide bonds. The van der Waals surface area contributed by atoms with Crippen molar-refractivity contribution in [3.8, 4) is 0 Å². The fourth-order valence-electron chi connectivity index (χ4n) is 1.40. The zero-order valence-corrected chi connectivity index (χ0v) is 9.03. The van der Waals surface area contributed by atoms with Gasteiger partial charge in [-0.25, -0.2) is 0 Å². The van der Waals surface area contributed by atoms with Crippen LogP contribution in [0.5, 0.6) is 0 Å². The van der Waals surface area contributed by atoms with Crippen molar-refractivity contribution in [3.05, 3.63) is 30.3 Å². The summed E-state index contributed by atoms with van der Waals surface area (Å²) in [7, 11) is 1.95. The first kappa shape index (κ1) is 10.8. The molecule has 0 aliphatic rings. The smallest absolute Gasteiger partial charge is 0.154 e. The van der Waals surface area contributed by atoms with Crippen LogP contribution >= 0.6 is 0 Å². The predicted octanol–water partition coefficient (Wildman–Crippen LogP) is 2.49. The van der Waals surface area contributed by atoms with Crippen LogP contribution < -0.4 is 4.90 Å². The third kappa shape index (κ3) is 2.34. The van der Waals surface area contributed by atoms with Gasteiger partial charge < -0.3 is 4.90 Å². The minimum atomic E-state index is -0.0394. The van der Waals surface area contributed by atoms with Crippen LogP contribution in [0.3, 0.4) is 0 Å². The van der Waals surface area contributed by atoms with Gasteiger partial charge in [-0.1, -0.05) is 25.1 Å². The van der Waals surface area contributed by atoms with Gasteiger partial charge in [-0.2, -0.15) is 0 Å². The molecule has 0 bridgehead atoms. The van der Waals surface area contributed by atoms with E-state index in [0.717, 1.165) is 5.69 Å². The molecule has 14 heavy (non-hydrogen) atoms. The molecule has 0 aliphatic heterocycles. The van der Waals surface area contributed by atoms with Crippen molar-refractivity contribution in [2.75, 3.05) is 11.9 Å². The van der Waals surface area contributed by atoms with Crippen LogP contribution in [0.25, 0.3) is 0 Å². The molecule has 0 heterocycles. The third-order valence-electron chi connectivity index (χ3n) is 2.56. The molecule has 0 radical (unpaired) electrons. The predicted molar refractivity (Wildman–Crippen MR) is 59.6 cm³/mol. The number of hydrogen-bond donors (Lipinski definition) is 0. The molecule has 0 aromatic heterocycles. The lowest BCUT2D eigenvalue weighted by atomic mass is 10.1. The Hall–Kier alpha value is -1.31. The minimum absolute atomic E-state index is 0.0394. The van der Waals surface area contributed by atoms with E-state index in [1.165, 1.54) is 0 Å². The molecule has 2 heteroatoms. The van der Waals surface area contributed by atoms with E-state index in [-0.39, 0.29) is 11.8 Å². The fraction of sp³-hybridized carbons (Fsp3) is 0.417. The molecule has 0 saturated carbocycles. The summed E-state index contributed by atoms with van der Waals surface area (Å²) >= 11 is 0. The van der Waals surface area contributed by atoms with Crippen LogP contribution in [0.15, 0.2) is 30.3 Å². The highest BCUT2D eigenvalue weighted by Gasteiger charge is 2.15. The molecular weight excluding hydrogens is 174 g/mol. The molecule has 76 valence electrons. The average molecular weight is 191 g/mol. The van der Waals surface area contributed by atoms with Gasteiger partial charge in [0.05, 0.1) is 6.04 Å². The second-order valence-electron chi connectivity index (χ2n) is 3.44. The van der Waals surface area contributed by atoms with E-state index in [9.17, 15) is 4.79 Å². The van der Waals surface area contributed by atoms with E-state index in [1.54, 1.807) is 0 Å². The highest BCUT2D eigenvalue weighted by molar-refractivity contribution is 5.86. The van der Waals surface area contributed by atoms with E-state index in [1.807, 2.05) is 56.1 Å².